The number of ether oxygens (including phenoxy) is 1. The van der Waals surface area contributed by atoms with Crippen LogP contribution in [0, 0.1) is 0 Å². The van der Waals surface area contributed by atoms with Gasteiger partial charge in [0, 0.05) is 24.7 Å². The van der Waals surface area contributed by atoms with Crippen molar-refractivity contribution >= 4 is 50.4 Å². The number of carbonyl (C=O) groups is 3. The molecule has 2 aromatic rings. The summed E-state index contributed by atoms with van der Waals surface area (Å²) in [6, 6.07) is 3.19. The summed E-state index contributed by atoms with van der Waals surface area (Å²) in [5.41, 5.74) is 6.24. The van der Waals surface area contributed by atoms with Crippen LogP contribution < -0.4 is 16.4 Å². The predicted octanol–water partition coefficient (Wildman–Crippen LogP) is 0.0271. The number of nitrogens with zero attached hydrogens (tertiary/aromatic N) is 3. The third kappa shape index (κ3) is 4.40. The van der Waals surface area contributed by atoms with Gasteiger partial charge >= 0.3 is 12.1 Å². The highest BCUT2D eigenvalue weighted by Crippen LogP contribution is 2.49. The number of anilines is 1. The number of hydrogen-bond donors (Lipinski definition) is 4. The van der Waals surface area contributed by atoms with Crippen molar-refractivity contribution in [3.63, 3.8) is 0 Å². The van der Waals surface area contributed by atoms with Gasteiger partial charge in [0.25, 0.3) is 5.91 Å². The van der Waals surface area contributed by atoms with E-state index in [0.29, 0.717) is 29.6 Å². The minimum atomic E-state index is -4.30. The number of rotatable bonds is 9. The predicted molar refractivity (Wildman–Crippen MR) is 129 cm³/mol. The molecule has 0 aromatic carbocycles. The molecule has 2 fully saturated rings. The van der Waals surface area contributed by atoms with Crippen molar-refractivity contribution in [3.05, 3.63) is 46.7 Å². The Morgan fingerprint density at radius 3 is 2.83 bits per heavy atom. The first-order valence-corrected chi connectivity index (χ1v) is 13.2. The highest BCUT2D eigenvalue weighted by molar-refractivity contribution is 7.94. The second kappa shape index (κ2) is 9.83. The summed E-state index contributed by atoms with van der Waals surface area (Å²) >= 11 is 1.32. The number of pyridine rings is 1. The van der Waals surface area contributed by atoms with Gasteiger partial charge < -0.3 is 31.1 Å². The number of hydrogen-bond acceptors (Lipinski definition) is 11. The Morgan fingerprint density at radius 1 is 1.39 bits per heavy atom. The quantitative estimate of drug-likeness (QED) is 0.249. The first-order valence-electron chi connectivity index (χ1n) is 10.8. The van der Waals surface area contributed by atoms with Crippen LogP contribution in [0.4, 0.5) is 9.93 Å². The molecular weight excluding hydrogens is 512 g/mol. The minimum Gasteiger partial charge on any atom is -0.480 e. The zero-order valence-corrected chi connectivity index (χ0v) is 20.7. The van der Waals surface area contributed by atoms with E-state index in [-0.39, 0.29) is 12.1 Å². The van der Waals surface area contributed by atoms with E-state index in [1.807, 2.05) is 0 Å². The molecule has 0 saturated carbocycles. The number of amides is 2. The van der Waals surface area contributed by atoms with Crippen LogP contribution in [0.1, 0.15) is 18.3 Å². The number of alkyl carbamates (subject to hydrolysis) is 1. The van der Waals surface area contributed by atoms with Crippen molar-refractivity contribution in [2.45, 2.75) is 29.6 Å². The van der Waals surface area contributed by atoms with Crippen molar-refractivity contribution in [1.82, 2.24) is 20.2 Å². The monoisotopic (exact) mass is 536 g/mol. The molecule has 2 aliphatic heterocycles. The van der Waals surface area contributed by atoms with Gasteiger partial charge in [-0.05, 0) is 25.1 Å². The van der Waals surface area contributed by atoms with Crippen LogP contribution in [-0.2, 0) is 30.7 Å². The lowest BCUT2D eigenvalue weighted by atomic mass is 9.94. The molecule has 3 atom stereocenters. The standard InChI is InChI=1S/C21H24N6O7S2/c1-21(11-34-20(31)25-9-13-10-35-19(26-13)24-7-5-22)15(18(29)30)27-16(28)14(17(27)36(21,32)33)8-12-4-2-3-6-23-12/h2-4,6,8,10,15,17H,5,7,9,11,22H2,1H3,(H,24,26)(H,25,31)(H,29,30)/t15-,17+,21-/m0/s1. The average Bonchev–Trinajstić information content (AvgIpc) is 3.37. The summed E-state index contributed by atoms with van der Waals surface area (Å²) in [6.45, 7) is 1.38. The number of aromatic nitrogens is 2. The van der Waals surface area contributed by atoms with Crippen molar-refractivity contribution in [2.24, 2.45) is 5.73 Å². The number of carbonyl (C=O) groups excluding carboxylic acids is 2. The number of β-lactam (4-membered cyclic amide) rings is 1. The zero-order valence-electron chi connectivity index (χ0n) is 19.1. The molecule has 5 N–H and O–H groups in total. The number of sulfone groups is 1. The summed E-state index contributed by atoms with van der Waals surface area (Å²) in [4.78, 5) is 46.3. The lowest BCUT2D eigenvalue weighted by molar-refractivity contribution is -0.153. The van der Waals surface area contributed by atoms with Crippen molar-refractivity contribution in [3.8, 4) is 0 Å². The molecule has 0 aliphatic carbocycles. The number of fused-ring (bicyclic) bond motifs is 1. The molecule has 0 spiro atoms. The summed E-state index contributed by atoms with van der Waals surface area (Å²) in [6.07, 6.45) is 1.85. The fourth-order valence-corrected chi connectivity index (χ4v) is 7.10. The van der Waals surface area contributed by atoms with E-state index in [0.717, 1.165) is 11.8 Å². The van der Waals surface area contributed by atoms with E-state index in [2.05, 4.69) is 20.6 Å². The number of nitrogens with one attached hydrogen (secondary N) is 2. The van der Waals surface area contributed by atoms with Crippen LogP contribution in [0.15, 0.2) is 35.3 Å². The van der Waals surface area contributed by atoms with Gasteiger partial charge in [-0.2, -0.15) is 0 Å². The maximum absolute atomic E-state index is 13.5. The van der Waals surface area contributed by atoms with Gasteiger partial charge in [-0.15, -0.1) is 11.3 Å². The van der Waals surface area contributed by atoms with Gasteiger partial charge in [0.1, 0.15) is 11.4 Å². The maximum atomic E-state index is 13.5. The Bertz CT molecular complexity index is 1310. The van der Waals surface area contributed by atoms with Gasteiger partial charge in [0.05, 0.1) is 23.5 Å². The minimum absolute atomic E-state index is 0.00958. The Morgan fingerprint density at radius 2 is 2.17 bits per heavy atom. The lowest BCUT2D eigenvalue weighted by Crippen LogP contribution is -2.59. The number of carboxylic acid groups (broad SMARTS) is 1. The van der Waals surface area contributed by atoms with Gasteiger partial charge in [-0.3, -0.25) is 9.78 Å². The fourth-order valence-electron chi connectivity index (χ4n) is 4.09. The Balaban J connectivity index is 1.47. The van der Waals surface area contributed by atoms with Gasteiger partial charge in [0.2, 0.25) is 0 Å². The second-order valence-corrected chi connectivity index (χ2v) is 11.6. The first-order chi connectivity index (χ1) is 17.1. The molecule has 0 bridgehead atoms. The summed E-state index contributed by atoms with van der Waals surface area (Å²) in [5.74, 6) is -2.24. The summed E-state index contributed by atoms with van der Waals surface area (Å²) in [7, 11) is -4.30. The molecule has 4 heterocycles. The third-order valence-corrected chi connectivity index (χ3v) is 9.46. The second-order valence-electron chi connectivity index (χ2n) is 8.31. The normalized spacial score (nSPS) is 25.2. The maximum Gasteiger partial charge on any atom is 0.407 e. The molecule has 13 nitrogen and oxygen atoms in total. The largest absolute Gasteiger partial charge is 0.480 e. The summed E-state index contributed by atoms with van der Waals surface area (Å²) in [5, 5.41) is 16.1. The van der Waals surface area contributed by atoms with Crippen LogP contribution in [0.2, 0.25) is 0 Å². The zero-order chi connectivity index (χ0) is 26.1. The van der Waals surface area contributed by atoms with Crippen LogP contribution >= 0.6 is 11.3 Å². The average molecular weight is 537 g/mol. The molecule has 2 saturated heterocycles. The van der Waals surface area contributed by atoms with E-state index < -0.39 is 50.6 Å². The Kier molecular flexibility index (Phi) is 6.97. The number of nitrogens with two attached hydrogens (primary N) is 1. The Labute approximate surface area is 210 Å². The van der Waals surface area contributed by atoms with Crippen LogP contribution in [-0.4, -0.2) is 82.2 Å². The van der Waals surface area contributed by atoms with Gasteiger partial charge in [0.15, 0.2) is 26.4 Å². The lowest BCUT2D eigenvalue weighted by Gasteiger charge is -2.37. The highest BCUT2D eigenvalue weighted by atomic mass is 32.2. The first kappa shape index (κ1) is 25.5. The SMILES string of the molecule is C[C@]1(COC(=O)NCc2csc(NCCN)n2)[C@H](C(=O)O)N2C(=O)C(=Cc3ccccn3)[C@H]2S1(=O)=O. The molecular formula is C21H24N6O7S2. The topological polar surface area (TPSA) is 194 Å². The summed E-state index contributed by atoms with van der Waals surface area (Å²) < 4.78 is 30.0. The number of aliphatic carboxylic acids is 1. The van der Waals surface area contributed by atoms with Crippen molar-refractivity contribution in [1.29, 1.82) is 0 Å². The smallest absolute Gasteiger partial charge is 0.407 e. The van der Waals surface area contributed by atoms with E-state index in [4.69, 9.17) is 10.5 Å². The van der Waals surface area contributed by atoms with E-state index in [1.54, 1.807) is 23.6 Å². The molecule has 2 aliphatic rings. The highest BCUT2D eigenvalue weighted by Gasteiger charge is 2.72. The number of thiazole rings is 1. The molecule has 4 rings (SSSR count). The molecule has 2 aromatic heterocycles. The van der Waals surface area contributed by atoms with E-state index in [1.165, 1.54) is 23.6 Å². The molecule has 0 radical (unpaired) electrons. The van der Waals surface area contributed by atoms with Crippen molar-refractivity contribution < 1.29 is 32.6 Å². The van der Waals surface area contributed by atoms with Crippen LogP contribution in [0.5, 0.6) is 0 Å². The van der Waals surface area contributed by atoms with E-state index in [9.17, 15) is 27.9 Å². The fraction of sp³-hybridized carbons (Fsp3) is 0.381. The van der Waals surface area contributed by atoms with Crippen LogP contribution in [0.25, 0.3) is 6.08 Å². The third-order valence-electron chi connectivity index (χ3n) is 5.90. The van der Waals surface area contributed by atoms with Gasteiger partial charge in [-0.25, -0.2) is 23.0 Å². The molecule has 15 heteroatoms. The molecule has 192 valence electrons. The van der Waals surface area contributed by atoms with Crippen molar-refractivity contribution in [2.75, 3.05) is 25.0 Å². The van der Waals surface area contributed by atoms with E-state index >= 15 is 0 Å². The van der Waals surface area contributed by atoms with Gasteiger partial charge in [-0.1, -0.05) is 6.07 Å². The molecule has 2 amide bonds. The Hall–Kier alpha value is -3.56. The van der Waals surface area contributed by atoms with Crippen LogP contribution in [0.3, 0.4) is 0 Å². The molecule has 0 unspecified atom stereocenters. The molecule has 36 heavy (non-hydrogen) atoms. The number of carboxylic acids is 1.